The molecule has 0 spiro atoms. The Balaban J connectivity index is 0.739. The summed E-state index contributed by atoms with van der Waals surface area (Å²) in [6.07, 6.45) is 3.04. The number of carbonyl (C=O) groups excluding carboxylic acids is 3. The zero-order chi connectivity index (χ0) is 42.9. The fourth-order valence-corrected chi connectivity index (χ4v) is 8.99. The number of nitrogens with one attached hydrogen (secondary N) is 2. The maximum Gasteiger partial charge on any atom is 0.299 e. The second-order valence-electron chi connectivity index (χ2n) is 16.2. The van der Waals surface area contributed by atoms with Gasteiger partial charge in [0.2, 0.25) is 24.1 Å². The van der Waals surface area contributed by atoms with E-state index in [0.717, 1.165) is 51.0 Å². The van der Waals surface area contributed by atoms with E-state index in [1.807, 2.05) is 28.0 Å². The molecule has 20 heteroatoms. The number of hydrogen-bond acceptors (Lipinski definition) is 15. The largest absolute Gasteiger partial charge is 0.406 e. The van der Waals surface area contributed by atoms with Gasteiger partial charge < -0.3 is 43.5 Å². The number of piperidine rings is 3. The summed E-state index contributed by atoms with van der Waals surface area (Å²) in [5.41, 5.74) is 1.90. The second kappa shape index (κ2) is 17.8. The van der Waals surface area contributed by atoms with Crippen LogP contribution in [0.2, 0.25) is 0 Å². The third-order valence-corrected chi connectivity index (χ3v) is 12.3. The van der Waals surface area contributed by atoms with Crippen molar-refractivity contribution in [1.82, 2.24) is 29.8 Å². The minimum atomic E-state index is -2.96. The predicted molar refractivity (Wildman–Crippen MR) is 222 cm³/mol. The number of benzene rings is 1. The van der Waals surface area contributed by atoms with Crippen LogP contribution < -0.4 is 30.2 Å². The van der Waals surface area contributed by atoms with E-state index >= 15 is 0 Å². The normalized spacial score (nSPS) is 21.7. The lowest BCUT2D eigenvalue weighted by atomic mass is 9.95. The van der Waals surface area contributed by atoms with Crippen LogP contribution in [0.15, 0.2) is 41.1 Å². The average molecular weight is 858 g/mol. The van der Waals surface area contributed by atoms with Crippen LogP contribution >= 0.6 is 0 Å². The van der Waals surface area contributed by atoms with Gasteiger partial charge in [0.15, 0.2) is 11.3 Å². The number of hydrogen-bond donors (Lipinski definition) is 3. The van der Waals surface area contributed by atoms with Gasteiger partial charge in [-0.2, -0.15) is 10.1 Å². The molecule has 1 aromatic carbocycles. The number of oxazole rings is 1. The Labute approximate surface area is 356 Å². The van der Waals surface area contributed by atoms with E-state index in [0.29, 0.717) is 74.4 Å². The average Bonchev–Trinajstić information content (AvgIpc) is 3.98. The number of aliphatic hydroxyl groups excluding tert-OH is 1. The standard InChI is InChI=1S/C42H49F2N11O7/c1-50-35-27(4-2-6-30(35)55(42(50)59)31-7-8-33(56)47-39(31)58)5-3-21-61-28-11-14-51(15-12-28)25-26-9-16-53(17-10-26)41-48-34(36(43)44)40(62-41)49-38(57)29-24-45-54-18-13-32(46-37(29)54)52-19-22-60-23-20-52/h2,4,6,13,18,24,26,28,31,36,42,59H,7-12,14-17,19-23,25H2,1H3,(H,49,57)(H,47,56,58). The topological polar surface area (TPSA) is 186 Å². The first kappa shape index (κ1) is 41.5. The summed E-state index contributed by atoms with van der Waals surface area (Å²) in [7, 11) is 1.75. The maximum atomic E-state index is 14.2. The number of imide groups is 1. The van der Waals surface area contributed by atoms with Crippen molar-refractivity contribution in [3.63, 3.8) is 0 Å². The van der Waals surface area contributed by atoms with Crippen molar-refractivity contribution in [2.24, 2.45) is 5.92 Å². The molecule has 3 aromatic heterocycles. The summed E-state index contributed by atoms with van der Waals surface area (Å²) < 4.78 is 47.2. The van der Waals surface area contributed by atoms with E-state index < -0.39 is 42.2 Å². The number of aliphatic hydroxyl groups is 1. The summed E-state index contributed by atoms with van der Waals surface area (Å²) in [6, 6.07) is 6.75. The van der Waals surface area contributed by atoms with E-state index in [2.05, 4.69) is 42.4 Å². The van der Waals surface area contributed by atoms with Crippen molar-refractivity contribution in [1.29, 1.82) is 0 Å². The zero-order valence-corrected chi connectivity index (χ0v) is 34.3. The minimum absolute atomic E-state index is 0.0539. The number of rotatable bonds is 10. The number of ether oxygens (including phenoxy) is 2. The Bertz CT molecular complexity index is 2360. The summed E-state index contributed by atoms with van der Waals surface area (Å²) in [6.45, 7) is 6.57. The molecule has 0 bridgehead atoms. The maximum absolute atomic E-state index is 14.2. The number of aromatic nitrogens is 4. The molecule has 0 aliphatic carbocycles. The molecule has 2 unspecified atom stereocenters. The molecule has 2 atom stereocenters. The molecule has 4 saturated heterocycles. The van der Waals surface area contributed by atoms with E-state index in [1.54, 1.807) is 29.1 Å². The molecule has 62 heavy (non-hydrogen) atoms. The van der Waals surface area contributed by atoms with E-state index in [9.17, 15) is 28.3 Å². The third kappa shape index (κ3) is 8.49. The van der Waals surface area contributed by atoms with Crippen LogP contribution in [-0.2, 0) is 19.1 Å². The van der Waals surface area contributed by atoms with Crippen LogP contribution in [0.1, 0.15) is 66.6 Å². The molecular formula is C42H49F2N11O7. The molecule has 328 valence electrons. The molecule has 4 aromatic rings. The van der Waals surface area contributed by atoms with Crippen LogP contribution in [0.5, 0.6) is 0 Å². The number of halogens is 2. The minimum Gasteiger partial charge on any atom is -0.406 e. The van der Waals surface area contributed by atoms with Gasteiger partial charge >= 0.3 is 0 Å². The SMILES string of the molecule is CN1c2c(C#CCOC3CCN(CC4CCN(c5nc(C(F)F)c(NC(=O)c6cnn7ccc(N8CCOCC8)nc67)o5)CC4)CC3)cccc2N(C2CCC(=O)NC2=O)C1O. The van der Waals surface area contributed by atoms with Crippen LogP contribution in [0, 0.1) is 17.8 Å². The highest BCUT2D eigenvalue weighted by atomic mass is 19.3. The smallest absolute Gasteiger partial charge is 0.299 e. The molecular weight excluding hydrogens is 809 g/mol. The Hall–Kier alpha value is -5.88. The lowest BCUT2D eigenvalue weighted by Gasteiger charge is -2.37. The third-order valence-electron chi connectivity index (χ3n) is 12.3. The molecule has 3 N–H and O–H groups in total. The van der Waals surface area contributed by atoms with Gasteiger partial charge in [0.1, 0.15) is 24.0 Å². The Morgan fingerprint density at radius 2 is 1.82 bits per heavy atom. The van der Waals surface area contributed by atoms with Crippen molar-refractivity contribution < 1.29 is 42.2 Å². The molecule has 5 aliphatic rings. The van der Waals surface area contributed by atoms with E-state index in [-0.39, 0.29) is 36.6 Å². The van der Waals surface area contributed by atoms with Crippen LogP contribution in [0.4, 0.5) is 37.9 Å². The molecule has 5 aliphatic heterocycles. The molecule has 4 fully saturated rings. The van der Waals surface area contributed by atoms with Crippen molar-refractivity contribution in [3.8, 4) is 11.8 Å². The number of anilines is 5. The van der Waals surface area contributed by atoms with Gasteiger partial charge in [0.25, 0.3) is 18.3 Å². The highest BCUT2D eigenvalue weighted by Gasteiger charge is 2.43. The summed E-state index contributed by atoms with van der Waals surface area (Å²) in [4.78, 5) is 56.2. The molecule has 0 radical (unpaired) electrons. The number of para-hydroxylation sites is 1. The second-order valence-corrected chi connectivity index (χ2v) is 16.2. The number of likely N-dealkylation sites (tertiary alicyclic amines) is 1. The monoisotopic (exact) mass is 857 g/mol. The number of alkyl halides is 2. The summed E-state index contributed by atoms with van der Waals surface area (Å²) >= 11 is 0. The number of amides is 3. The Kier molecular flexibility index (Phi) is 11.9. The zero-order valence-electron chi connectivity index (χ0n) is 34.3. The molecule has 8 heterocycles. The number of nitrogens with zero attached hydrogens (tertiary/aromatic N) is 9. The van der Waals surface area contributed by atoms with Gasteiger partial charge in [-0.05, 0) is 56.2 Å². The number of fused-ring (bicyclic) bond motifs is 2. The van der Waals surface area contributed by atoms with Crippen LogP contribution in [0.25, 0.3) is 5.65 Å². The van der Waals surface area contributed by atoms with Crippen LogP contribution in [-0.4, -0.2) is 138 Å². The Morgan fingerprint density at radius 3 is 2.58 bits per heavy atom. The fourth-order valence-electron chi connectivity index (χ4n) is 8.99. The van der Waals surface area contributed by atoms with Gasteiger partial charge in [-0.1, -0.05) is 17.9 Å². The first-order valence-electron chi connectivity index (χ1n) is 21.1. The number of carbonyl (C=O) groups is 3. The van der Waals surface area contributed by atoms with Gasteiger partial charge in [0, 0.05) is 65.5 Å². The lowest BCUT2D eigenvalue weighted by Crippen LogP contribution is -2.56. The van der Waals surface area contributed by atoms with Gasteiger partial charge in [-0.25, -0.2) is 18.3 Å². The van der Waals surface area contributed by atoms with Crippen molar-refractivity contribution in [2.45, 2.75) is 63.4 Å². The summed E-state index contributed by atoms with van der Waals surface area (Å²) in [5.74, 6) is 5.61. The van der Waals surface area contributed by atoms with E-state index in [4.69, 9.17) is 13.9 Å². The first-order valence-corrected chi connectivity index (χ1v) is 21.1. The van der Waals surface area contributed by atoms with Crippen molar-refractivity contribution in [2.75, 3.05) is 97.6 Å². The summed E-state index contributed by atoms with van der Waals surface area (Å²) in [5, 5.41) is 20.2. The van der Waals surface area contributed by atoms with Gasteiger partial charge in [-0.15, -0.1) is 0 Å². The lowest BCUT2D eigenvalue weighted by molar-refractivity contribution is -0.134. The highest BCUT2D eigenvalue weighted by molar-refractivity contribution is 6.08. The number of morpholine rings is 1. The van der Waals surface area contributed by atoms with Gasteiger partial charge in [-0.3, -0.25) is 25.0 Å². The van der Waals surface area contributed by atoms with E-state index in [1.165, 1.54) is 10.7 Å². The predicted octanol–water partition coefficient (Wildman–Crippen LogP) is 2.83. The molecule has 3 amide bonds. The van der Waals surface area contributed by atoms with Crippen LogP contribution in [0.3, 0.4) is 0 Å². The fraction of sp³-hybridized carbons (Fsp3) is 0.524. The molecule has 9 rings (SSSR count). The quantitative estimate of drug-likeness (QED) is 0.156. The molecule has 18 nitrogen and oxygen atoms in total. The van der Waals surface area contributed by atoms with Crippen molar-refractivity contribution in [3.05, 3.63) is 53.5 Å². The first-order chi connectivity index (χ1) is 30.1. The highest BCUT2D eigenvalue weighted by Crippen LogP contribution is 2.42. The Morgan fingerprint density at radius 1 is 1.03 bits per heavy atom. The molecule has 0 saturated carbocycles. The van der Waals surface area contributed by atoms with Gasteiger partial charge in [0.05, 0.1) is 42.5 Å². The van der Waals surface area contributed by atoms with Crippen molar-refractivity contribution >= 4 is 52.5 Å².